The van der Waals surface area contributed by atoms with Crippen LogP contribution in [0, 0.1) is 6.92 Å². The molecule has 0 amide bonds. The number of halogens is 1. The number of anilines is 1. The third kappa shape index (κ3) is 3.97. The van der Waals surface area contributed by atoms with Crippen molar-refractivity contribution in [3.8, 4) is 11.4 Å². The summed E-state index contributed by atoms with van der Waals surface area (Å²) in [6, 6.07) is 19.6. The van der Waals surface area contributed by atoms with E-state index in [0.717, 1.165) is 16.8 Å². The Hall–Kier alpha value is -2.72. The molecule has 120 valence electrons. The van der Waals surface area contributed by atoms with Gasteiger partial charge in [-0.3, -0.25) is 5.43 Å². The van der Waals surface area contributed by atoms with E-state index in [1.807, 2.05) is 49.4 Å². The molecule has 0 spiro atoms. The van der Waals surface area contributed by atoms with Crippen LogP contribution in [-0.2, 0) is 0 Å². The van der Waals surface area contributed by atoms with Crippen LogP contribution in [0.15, 0.2) is 65.8 Å². The van der Waals surface area contributed by atoms with E-state index >= 15 is 0 Å². The molecule has 1 aromatic heterocycles. The van der Waals surface area contributed by atoms with E-state index in [9.17, 15) is 0 Å². The monoisotopic (exact) mass is 336 g/mol. The van der Waals surface area contributed by atoms with Gasteiger partial charge in [0.15, 0.2) is 11.6 Å². The van der Waals surface area contributed by atoms with Crippen molar-refractivity contribution in [3.05, 3.63) is 76.9 Å². The zero-order chi connectivity index (χ0) is 16.9. The van der Waals surface area contributed by atoms with Gasteiger partial charge in [0.2, 0.25) is 0 Å². The number of hydrazone groups is 1. The van der Waals surface area contributed by atoms with E-state index in [2.05, 4.69) is 39.6 Å². The van der Waals surface area contributed by atoms with Gasteiger partial charge in [-0.1, -0.05) is 71.8 Å². The minimum atomic E-state index is 0.370. The van der Waals surface area contributed by atoms with Gasteiger partial charge in [-0.2, -0.15) is 5.10 Å². The van der Waals surface area contributed by atoms with E-state index in [0.29, 0.717) is 16.8 Å². The quantitative estimate of drug-likeness (QED) is 0.417. The fourth-order valence-electron chi connectivity index (χ4n) is 2.19. The Kier molecular flexibility index (Phi) is 4.87. The lowest BCUT2D eigenvalue weighted by Gasteiger charge is -2.06. The average Bonchev–Trinajstić information content (AvgIpc) is 2.60. The van der Waals surface area contributed by atoms with Crippen molar-refractivity contribution in [2.24, 2.45) is 5.10 Å². The topological polar surface area (TPSA) is 50.2 Å². The maximum absolute atomic E-state index is 6.11. The number of hydrogen-bond donors (Lipinski definition) is 1. The zero-order valence-corrected chi connectivity index (χ0v) is 14.2. The van der Waals surface area contributed by atoms with Crippen LogP contribution in [0.5, 0.6) is 0 Å². The second-order valence-corrected chi connectivity index (χ2v) is 5.83. The van der Waals surface area contributed by atoms with E-state index in [-0.39, 0.29) is 0 Å². The predicted molar refractivity (Wildman–Crippen MR) is 99.5 cm³/mol. The average molecular weight is 337 g/mol. The maximum Gasteiger partial charge on any atom is 0.163 e. The SMILES string of the molecule is C/C(=N\Nc1cc(Cl)nc(-c2ccccc2)n1)c1ccc(C)cc1. The molecule has 0 radical (unpaired) electrons. The van der Waals surface area contributed by atoms with Crippen molar-refractivity contribution < 1.29 is 0 Å². The number of rotatable bonds is 4. The number of aromatic nitrogens is 2. The summed E-state index contributed by atoms with van der Waals surface area (Å²) in [6.07, 6.45) is 0. The molecular weight excluding hydrogens is 320 g/mol. The first kappa shape index (κ1) is 16.1. The summed E-state index contributed by atoms with van der Waals surface area (Å²) >= 11 is 6.11. The molecule has 1 heterocycles. The van der Waals surface area contributed by atoms with Gasteiger partial charge in [0, 0.05) is 11.6 Å². The Morgan fingerprint density at radius 3 is 2.42 bits per heavy atom. The highest BCUT2D eigenvalue weighted by atomic mass is 35.5. The molecule has 0 fully saturated rings. The van der Waals surface area contributed by atoms with Crippen molar-refractivity contribution in [2.45, 2.75) is 13.8 Å². The fourth-order valence-corrected chi connectivity index (χ4v) is 2.38. The second-order valence-electron chi connectivity index (χ2n) is 5.44. The highest BCUT2D eigenvalue weighted by Crippen LogP contribution is 2.20. The standard InChI is InChI=1S/C19H17ClN4/c1-13-8-10-15(11-9-13)14(2)23-24-18-12-17(20)21-19(22-18)16-6-4-3-5-7-16/h3-12H,1-2H3,(H,21,22,24)/b23-14+. The Labute approximate surface area is 146 Å². The van der Waals surface area contributed by atoms with Crippen LogP contribution in [0.1, 0.15) is 18.1 Å². The van der Waals surface area contributed by atoms with Gasteiger partial charge in [-0.25, -0.2) is 9.97 Å². The van der Waals surface area contributed by atoms with Crippen LogP contribution in [0.25, 0.3) is 11.4 Å². The fraction of sp³-hybridized carbons (Fsp3) is 0.105. The normalized spacial score (nSPS) is 11.4. The summed E-state index contributed by atoms with van der Waals surface area (Å²) < 4.78 is 0. The van der Waals surface area contributed by atoms with E-state index < -0.39 is 0 Å². The van der Waals surface area contributed by atoms with Gasteiger partial charge in [0.1, 0.15) is 5.15 Å². The van der Waals surface area contributed by atoms with Gasteiger partial charge >= 0.3 is 0 Å². The van der Waals surface area contributed by atoms with Crippen molar-refractivity contribution >= 4 is 23.1 Å². The molecule has 0 aliphatic rings. The summed E-state index contributed by atoms with van der Waals surface area (Å²) in [5, 5.41) is 4.76. The Bertz CT molecular complexity index is 858. The molecule has 24 heavy (non-hydrogen) atoms. The van der Waals surface area contributed by atoms with E-state index in [4.69, 9.17) is 11.6 Å². The van der Waals surface area contributed by atoms with Gasteiger partial charge in [-0.05, 0) is 19.4 Å². The number of aryl methyl sites for hydroxylation is 1. The summed E-state index contributed by atoms with van der Waals surface area (Å²) in [7, 11) is 0. The largest absolute Gasteiger partial charge is 0.261 e. The molecule has 0 saturated heterocycles. The van der Waals surface area contributed by atoms with Gasteiger partial charge < -0.3 is 0 Å². The van der Waals surface area contributed by atoms with E-state index in [1.165, 1.54) is 5.56 Å². The Morgan fingerprint density at radius 2 is 1.71 bits per heavy atom. The molecule has 3 rings (SSSR count). The second kappa shape index (κ2) is 7.23. The maximum atomic E-state index is 6.11. The zero-order valence-electron chi connectivity index (χ0n) is 13.5. The predicted octanol–water partition coefficient (Wildman–Crippen LogP) is 4.94. The highest BCUT2D eigenvalue weighted by Gasteiger charge is 2.05. The molecule has 5 heteroatoms. The van der Waals surface area contributed by atoms with Gasteiger partial charge in [0.25, 0.3) is 0 Å². The lowest BCUT2D eigenvalue weighted by Crippen LogP contribution is -2.02. The number of benzene rings is 2. The first-order valence-corrected chi connectivity index (χ1v) is 7.97. The lowest BCUT2D eigenvalue weighted by molar-refractivity contribution is 1.14. The smallest absolute Gasteiger partial charge is 0.163 e. The Morgan fingerprint density at radius 1 is 1.00 bits per heavy atom. The molecule has 3 aromatic rings. The van der Waals surface area contributed by atoms with E-state index in [1.54, 1.807) is 6.07 Å². The Balaban J connectivity index is 1.84. The van der Waals surface area contributed by atoms with Crippen LogP contribution < -0.4 is 5.43 Å². The molecule has 0 aliphatic carbocycles. The summed E-state index contributed by atoms with van der Waals surface area (Å²) in [5.74, 6) is 1.12. The van der Waals surface area contributed by atoms with Crippen LogP contribution in [0.2, 0.25) is 5.15 Å². The molecule has 1 N–H and O–H groups in total. The molecule has 0 unspecified atom stereocenters. The van der Waals surface area contributed by atoms with Gasteiger partial charge in [0.05, 0.1) is 5.71 Å². The first-order chi connectivity index (χ1) is 11.6. The number of nitrogens with zero attached hydrogens (tertiary/aromatic N) is 3. The molecule has 4 nitrogen and oxygen atoms in total. The summed E-state index contributed by atoms with van der Waals surface area (Å²) in [5.41, 5.74) is 7.00. The van der Waals surface area contributed by atoms with Crippen LogP contribution in [-0.4, -0.2) is 15.7 Å². The first-order valence-electron chi connectivity index (χ1n) is 7.59. The molecule has 0 aliphatic heterocycles. The van der Waals surface area contributed by atoms with Crippen LogP contribution in [0.3, 0.4) is 0 Å². The minimum Gasteiger partial charge on any atom is -0.261 e. The summed E-state index contributed by atoms with van der Waals surface area (Å²) in [6.45, 7) is 4.00. The van der Waals surface area contributed by atoms with Crippen molar-refractivity contribution in [3.63, 3.8) is 0 Å². The van der Waals surface area contributed by atoms with Gasteiger partial charge in [-0.15, -0.1) is 0 Å². The molecule has 2 aromatic carbocycles. The van der Waals surface area contributed by atoms with Crippen molar-refractivity contribution in [1.82, 2.24) is 9.97 Å². The number of nitrogens with one attached hydrogen (secondary N) is 1. The van der Waals surface area contributed by atoms with Crippen molar-refractivity contribution in [1.29, 1.82) is 0 Å². The minimum absolute atomic E-state index is 0.370. The third-order valence-corrected chi connectivity index (χ3v) is 3.73. The van der Waals surface area contributed by atoms with Crippen LogP contribution >= 0.6 is 11.6 Å². The van der Waals surface area contributed by atoms with Crippen molar-refractivity contribution in [2.75, 3.05) is 5.43 Å². The highest BCUT2D eigenvalue weighted by molar-refractivity contribution is 6.29. The summed E-state index contributed by atoms with van der Waals surface area (Å²) in [4.78, 5) is 8.73. The molecule has 0 saturated carbocycles. The van der Waals surface area contributed by atoms with Crippen LogP contribution in [0.4, 0.5) is 5.82 Å². The molecular formula is C19H17ClN4. The third-order valence-electron chi connectivity index (χ3n) is 3.53. The molecule has 0 atom stereocenters. The lowest BCUT2D eigenvalue weighted by atomic mass is 10.1. The molecule has 0 bridgehead atoms. The number of hydrogen-bond acceptors (Lipinski definition) is 4.